The van der Waals surface area contributed by atoms with Crippen LogP contribution in [-0.2, 0) is 13.6 Å². The molecule has 0 amide bonds. The first-order valence-electron chi connectivity index (χ1n) is 5.88. The highest BCUT2D eigenvalue weighted by Crippen LogP contribution is 2.24. The fraction of sp³-hybridized carbons (Fsp3) is 0.909. The molecule has 0 bridgehead atoms. The van der Waals surface area contributed by atoms with Crippen molar-refractivity contribution >= 4 is 14.5 Å². The van der Waals surface area contributed by atoms with Gasteiger partial charge in [-0.1, -0.05) is 6.92 Å². The van der Waals surface area contributed by atoms with Gasteiger partial charge in [-0.25, -0.2) is 0 Å². The summed E-state index contributed by atoms with van der Waals surface area (Å²) < 4.78 is 11.8. The summed E-state index contributed by atoms with van der Waals surface area (Å²) in [4.78, 5) is 10.6. The van der Waals surface area contributed by atoms with Crippen LogP contribution in [0.15, 0.2) is 0 Å². The predicted molar refractivity (Wildman–Crippen MR) is 65.7 cm³/mol. The van der Waals surface area contributed by atoms with Crippen molar-refractivity contribution in [2.75, 3.05) is 0 Å². The highest BCUT2D eigenvalue weighted by Gasteiger charge is 2.38. The van der Waals surface area contributed by atoms with Crippen molar-refractivity contribution < 1.29 is 18.8 Å². The monoisotopic (exact) mass is 248 g/mol. The average molecular weight is 248 g/mol. The molecule has 0 unspecified atom stereocenters. The summed E-state index contributed by atoms with van der Waals surface area (Å²) in [6.07, 6.45) is 0.290. The Balaban J connectivity index is 4.59. The van der Waals surface area contributed by atoms with E-state index >= 15 is 0 Å². The van der Waals surface area contributed by atoms with Gasteiger partial charge in [0, 0.05) is 24.7 Å². The van der Waals surface area contributed by atoms with E-state index in [1.807, 2.05) is 34.6 Å². The molecule has 0 radical (unpaired) electrons. The molecule has 5 heteroatoms. The van der Waals surface area contributed by atoms with E-state index in [1.54, 1.807) is 0 Å². The summed E-state index contributed by atoms with van der Waals surface area (Å²) >= 11 is 0. The van der Waals surface area contributed by atoms with E-state index in [4.69, 9.17) is 14.0 Å². The lowest BCUT2D eigenvalue weighted by atomic mass is 10.5. The standard InChI is InChI=1S/C11H24O4Si/c1-6-16(14-9(2)3,15-10(4)5)8-7-11(12)13/h9-10H,6-8H2,1-5H3,(H,12,13). The fourth-order valence-electron chi connectivity index (χ4n) is 1.65. The number of aliphatic carboxylic acids is 1. The zero-order chi connectivity index (χ0) is 12.8. The molecule has 0 saturated heterocycles. The third-order valence-corrected chi connectivity index (χ3v) is 6.05. The molecule has 0 spiro atoms. The van der Waals surface area contributed by atoms with Crippen LogP contribution in [0.1, 0.15) is 41.0 Å². The molecule has 1 N–H and O–H groups in total. The van der Waals surface area contributed by atoms with Crippen molar-refractivity contribution in [1.82, 2.24) is 0 Å². The van der Waals surface area contributed by atoms with Crippen LogP contribution in [0.25, 0.3) is 0 Å². The Labute approximate surface area is 99.2 Å². The number of carboxylic acids is 1. The van der Waals surface area contributed by atoms with Crippen LogP contribution in [0.5, 0.6) is 0 Å². The van der Waals surface area contributed by atoms with Gasteiger partial charge in [0.15, 0.2) is 0 Å². The maximum Gasteiger partial charge on any atom is 0.338 e. The Kier molecular flexibility index (Phi) is 6.86. The minimum absolute atomic E-state index is 0.0826. The molecule has 0 fully saturated rings. The summed E-state index contributed by atoms with van der Waals surface area (Å²) in [5.74, 6) is -0.787. The molecule has 0 rings (SSSR count). The third-order valence-electron chi connectivity index (χ3n) is 2.16. The summed E-state index contributed by atoms with van der Waals surface area (Å²) in [5.41, 5.74) is 0. The van der Waals surface area contributed by atoms with Crippen molar-refractivity contribution in [2.24, 2.45) is 0 Å². The Morgan fingerprint density at radius 2 is 1.62 bits per heavy atom. The predicted octanol–water partition coefficient (Wildman–Crippen LogP) is 2.77. The Morgan fingerprint density at radius 3 is 1.88 bits per heavy atom. The summed E-state index contributed by atoms with van der Waals surface area (Å²) in [6.45, 7) is 9.85. The van der Waals surface area contributed by atoms with E-state index in [1.165, 1.54) is 0 Å². The van der Waals surface area contributed by atoms with E-state index in [9.17, 15) is 4.79 Å². The molecular weight excluding hydrogens is 224 g/mol. The van der Waals surface area contributed by atoms with Gasteiger partial charge in [0.25, 0.3) is 0 Å². The zero-order valence-corrected chi connectivity index (χ0v) is 11.9. The highest BCUT2D eigenvalue weighted by atomic mass is 28.4. The molecule has 96 valence electrons. The molecule has 0 aliphatic rings. The molecule has 0 saturated carbocycles. The van der Waals surface area contributed by atoms with Crippen molar-refractivity contribution in [1.29, 1.82) is 0 Å². The number of carboxylic acid groups (broad SMARTS) is 1. The van der Waals surface area contributed by atoms with Crippen molar-refractivity contribution in [2.45, 2.75) is 65.3 Å². The lowest BCUT2D eigenvalue weighted by Crippen LogP contribution is -2.45. The van der Waals surface area contributed by atoms with E-state index in [0.29, 0.717) is 6.04 Å². The minimum atomic E-state index is -2.34. The first-order valence-corrected chi connectivity index (χ1v) is 8.12. The molecule has 4 nitrogen and oxygen atoms in total. The Hall–Kier alpha value is -0.393. The lowest BCUT2D eigenvalue weighted by molar-refractivity contribution is -0.136. The van der Waals surface area contributed by atoms with Crippen LogP contribution < -0.4 is 0 Å². The summed E-state index contributed by atoms with van der Waals surface area (Å²) in [6, 6.07) is 1.31. The SMILES string of the molecule is CC[Si](CCC(=O)O)(OC(C)C)OC(C)C. The van der Waals surface area contributed by atoms with E-state index < -0.39 is 14.5 Å². The van der Waals surface area contributed by atoms with E-state index in [0.717, 1.165) is 6.04 Å². The van der Waals surface area contributed by atoms with E-state index in [-0.39, 0.29) is 18.6 Å². The highest BCUT2D eigenvalue weighted by molar-refractivity contribution is 6.67. The van der Waals surface area contributed by atoms with Gasteiger partial charge in [-0.15, -0.1) is 0 Å². The van der Waals surface area contributed by atoms with Gasteiger partial charge in [0.1, 0.15) is 0 Å². The van der Waals surface area contributed by atoms with E-state index in [2.05, 4.69) is 0 Å². The van der Waals surface area contributed by atoms with Crippen LogP contribution >= 0.6 is 0 Å². The first-order chi connectivity index (χ1) is 7.31. The number of hydrogen-bond donors (Lipinski definition) is 1. The second-order valence-corrected chi connectivity index (χ2v) is 7.99. The van der Waals surface area contributed by atoms with Crippen LogP contribution in [-0.4, -0.2) is 31.8 Å². The van der Waals surface area contributed by atoms with Gasteiger partial charge >= 0.3 is 14.5 Å². The molecule has 0 aromatic rings. The van der Waals surface area contributed by atoms with Crippen LogP contribution in [0.2, 0.25) is 12.1 Å². The van der Waals surface area contributed by atoms with Gasteiger partial charge in [-0.05, 0) is 33.7 Å². The van der Waals surface area contributed by atoms with Gasteiger partial charge < -0.3 is 14.0 Å². The number of hydrogen-bond acceptors (Lipinski definition) is 3. The number of carbonyl (C=O) groups is 1. The Morgan fingerprint density at radius 1 is 1.19 bits per heavy atom. The Bertz CT molecular complexity index is 206. The first kappa shape index (κ1) is 15.6. The van der Waals surface area contributed by atoms with Gasteiger partial charge in [0.2, 0.25) is 0 Å². The molecule has 0 heterocycles. The minimum Gasteiger partial charge on any atom is -0.481 e. The van der Waals surface area contributed by atoms with Crippen LogP contribution in [0.4, 0.5) is 0 Å². The molecular formula is C11H24O4Si. The molecule has 0 aliphatic heterocycles. The second-order valence-electron chi connectivity index (χ2n) is 4.49. The van der Waals surface area contributed by atoms with Gasteiger partial charge in [0.05, 0.1) is 0 Å². The van der Waals surface area contributed by atoms with Crippen molar-refractivity contribution in [3.8, 4) is 0 Å². The average Bonchev–Trinajstić information content (AvgIpc) is 2.12. The zero-order valence-electron chi connectivity index (χ0n) is 10.9. The third kappa shape index (κ3) is 6.25. The normalized spacial score (nSPS) is 12.4. The molecule has 0 aromatic carbocycles. The molecule has 0 aromatic heterocycles. The molecule has 0 atom stereocenters. The smallest absolute Gasteiger partial charge is 0.338 e. The molecule has 0 aliphatic carbocycles. The largest absolute Gasteiger partial charge is 0.481 e. The maximum atomic E-state index is 10.6. The van der Waals surface area contributed by atoms with Crippen molar-refractivity contribution in [3.05, 3.63) is 0 Å². The molecule has 16 heavy (non-hydrogen) atoms. The van der Waals surface area contributed by atoms with Crippen LogP contribution in [0.3, 0.4) is 0 Å². The number of rotatable bonds is 8. The van der Waals surface area contributed by atoms with Gasteiger partial charge in [-0.3, -0.25) is 4.79 Å². The quantitative estimate of drug-likeness (QED) is 0.671. The lowest BCUT2D eigenvalue weighted by Gasteiger charge is -2.33. The topological polar surface area (TPSA) is 55.8 Å². The van der Waals surface area contributed by atoms with Gasteiger partial charge in [-0.2, -0.15) is 0 Å². The van der Waals surface area contributed by atoms with Crippen molar-refractivity contribution in [3.63, 3.8) is 0 Å². The van der Waals surface area contributed by atoms with Crippen LogP contribution in [0, 0.1) is 0 Å². The second kappa shape index (κ2) is 7.03. The summed E-state index contributed by atoms with van der Waals surface area (Å²) in [5, 5.41) is 8.75. The maximum absolute atomic E-state index is 10.6. The summed E-state index contributed by atoms with van der Waals surface area (Å²) in [7, 11) is -2.34. The fourth-order valence-corrected chi connectivity index (χ4v) is 4.94.